The Morgan fingerprint density at radius 2 is 1.91 bits per heavy atom. The summed E-state index contributed by atoms with van der Waals surface area (Å²) >= 11 is 5.66. The topological polar surface area (TPSA) is 47.6 Å². The van der Waals surface area contributed by atoms with Crippen LogP contribution in [0, 0.1) is 5.82 Å². The molecular formula is C17H13ClFNO3. The lowest BCUT2D eigenvalue weighted by Gasteiger charge is -2.18. The van der Waals surface area contributed by atoms with Crippen molar-refractivity contribution in [2.24, 2.45) is 0 Å². The van der Waals surface area contributed by atoms with Gasteiger partial charge in [0.15, 0.2) is 11.5 Å². The van der Waals surface area contributed by atoms with Gasteiger partial charge in [-0.25, -0.2) is 4.39 Å². The summed E-state index contributed by atoms with van der Waals surface area (Å²) in [5.74, 6) is 0.295. The number of rotatable bonds is 3. The van der Waals surface area contributed by atoms with E-state index in [4.69, 9.17) is 21.1 Å². The van der Waals surface area contributed by atoms with Crippen LogP contribution in [-0.4, -0.2) is 19.1 Å². The fourth-order valence-corrected chi connectivity index (χ4v) is 2.26. The van der Waals surface area contributed by atoms with Crippen LogP contribution in [0.4, 0.5) is 10.1 Å². The molecule has 0 atom stereocenters. The SMILES string of the molecule is O=C(/C=C/c1ccc2c(c1)OCCO2)Nc1ccc(Cl)cc1F. The molecule has 1 aliphatic rings. The van der Waals surface area contributed by atoms with Gasteiger partial charge in [-0.05, 0) is 42.0 Å². The van der Waals surface area contributed by atoms with Crippen LogP contribution in [-0.2, 0) is 4.79 Å². The third kappa shape index (κ3) is 3.81. The number of amides is 1. The summed E-state index contributed by atoms with van der Waals surface area (Å²) in [5, 5.41) is 2.73. The molecule has 0 fully saturated rings. The molecule has 0 aliphatic carbocycles. The average molecular weight is 334 g/mol. The van der Waals surface area contributed by atoms with Gasteiger partial charge in [-0.2, -0.15) is 0 Å². The number of nitrogens with one attached hydrogen (secondary N) is 1. The molecule has 1 aliphatic heterocycles. The van der Waals surface area contributed by atoms with Crippen molar-refractivity contribution in [3.63, 3.8) is 0 Å². The van der Waals surface area contributed by atoms with E-state index in [2.05, 4.69) is 5.32 Å². The molecule has 2 aromatic carbocycles. The zero-order valence-corrected chi connectivity index (χ0v) is 12.8. The summed E-state index contributed by atoms with van der Waals surface area (Å²) in [7, 11) is 0. The fourth-order valence-electron chi connectivity index (χ4n) is 2.10. The number of benzene rings is 2. The molecule has 1 amide bonds. The molecule has 0 spiro atoms. The molecule has 6 heteroatoms. The van der Waals surface area contributed by atoms with Crippen LogP contribution in [0.15, 0.2) is 42.5 Å². The molecular weight excluding hydrogens is 321 g/mol. The predicted molar refractivity (Wildman–Crippen MR) is 86.5 cm³/mol. The predicted octanol–water partition coefficient (Wildman–Crippen LogP) is 3.90. The van der Waals surface area contributed by atoms with Crippen molar-refractivity contribution in [2.45, 2.75) is 0 Å². The van der Waals surface area contributed by atoms with Crippen molar-refractivity contribution in [2.75, 3.05) is 18.5 Å². The molecule has 0 radical (unpaired) electrons. The number of carbonyl (C=O) groups is 1. The average Bonchev–Trinajstić information content (AvgIpc) is 2.55. The van der Waals surface area contributed by atoms with Crippen LogP contribution in [0.1, 0.15) is 5.56 Å². The molecule has 23 heavy (non-hydrogen) atoms. The summed E-state index contributed by atoms with van der Waals surface area (Å²) in [6.45, 7) is 1.02. The van der Waals surface area contributed by atoms with E-state index < -0.39 is 11.7 Å². The number of fused-ring (bicyclic) bond motifs is 1. The molecule has 0 aromatic heterocycles. The summed E-state index contributed by atoms with van der Waals surface area (Å²) < 4.78 is 24.5. The second-order valence-electron chi connectivity index (χ2n) is 4.85. The van der Waals surface area contributed by atoms with Crippen LogP contribution in [0.25, 0.3) is 6.08 Å². The second-order valence-corrected chi connectivity index (χ2v) is 5.29. The van der Waals surface area contributed by atoms with Crippen molar-refractivity contribution in [3.05, 3.63) is 58.9 Å². The number of hydrogen-bond donors (Lipinski definition) is 1. The van der Waals surface area contributed by atoms with E-state index in [1.54, 1.807) is 24.3 Å². The van der Waals surface area contributed by atoms with Gasteiger partial charge in [0.25, 0.3) is 0 Å². The van der Waals surface area contributed by atoms with E-state index in [0.717, 1.165) is 11.6 Å². The quantitative estimate of drug-likeness (QED) is 0.866. The third-order valence-corrected chi connectivity index (χ3v) is 3.42. The number of hydrogen-bond acceptors (Lipinski definition) is 3. The van der Waals surface area contributed by atoms with E-state index in [1.165, 1.54) is 18.2 Å². The number of anilines is 1. The molecule has 2 aromatic rings. The Labute approximate surface area is 137 Å². The Hall–Kier alpha value is -2.53. The maximum atomic E-state index is 13.6. The highest BCUT2D eigenvalue weighted by atomic mass is 35.5. The Balaban J connectivity index is 1.68. The van der Waals surface area contributed by atoms with Gasteiger partial charge in [-0.1, -0.05) is 17.7 Å². The first-order valence-corrected chi connectivity index (χ1v) is 7.33. The van der Waals surface area contributed by atoms with E-state index in [1.807, 2.05) is 0 Å². The number of ether oxygens (including phenoxy) is 2. The lowest BCUT2D eigenvalue weighted by molar-refractivity contribution is -0.111. The standard InChI is InChI=1S/C17H13ClFNO3/c18-12-3-4-14(13(19)10-12)20-17(21)6-2-11-1-5-15-16(9-11)23-8-7-22-15/h1-6,9-10H,7-8H2,(H,20,21)/b6-2+. The zero-order chi connectivity index (χ0) is 16.2. The Morgan fingerprint density at radius 3 is 2.70 bits per heavy atom. The molecule has 0 saturated carbocycles. The van der Waals surface area contributed by atoms with Crippen molar-refractivity contribution >= 4 is 29.3 Å². The maximum Gasteiger partial charge on any atom is 0.248 e. The van der Waals surface area contributed by atoms with Crippen LogP contribution in [0.5, 0.6) is 11.5 Å². The Morgan fingerprint density at radius 1 is 1.13 bits per heavy atom. The summed E-state index contributed by atoms with van der Waals surface area (Å²) in [6, 6.07) is 9.42. The molecule has 0 saturated heterocycles. The third-order valence-electron chi connectivity index (χ3n) is 3.18. The minimum Gasteiger partial charge on any atom is -0.486 e. The van der Waals surface area contributed by atoms with Crippen LogP contribution < -0.4 is 14.8 Å². The normalized spacial score (nSPS) is 13.1. The molecule has 0 bridgehead atoms. The largest absolute Gasteiger partial charge is 0.486 e. The van der Waals surface area contributed by atoms with E-state index in [0.29, 0.717) is 24.7 Å². The summed E-state index contributed by atoms with van der Waals surface area (Å²) in [6.07, 6.45) is 2.93. The first-order chi connectivity index (χ1) is 11.1. The molecule has 1 N–H and O–H groups in total. The van der Waals surface area contributed by atoms with Crippen LogP contribution in [0.2, 0.25) is 5.02 Å². The zero-order valence-electron chi connectivity index (χ0n) is 12.0. The van der Waals surface area contributed by atoms with Crippen LogP contribution >= 0.6 is 11.6 Å². The van der Waals surface area contributed by atoms with E-state index in [9.17, 15) is 9.18 Å². The van der Waals surface area contributed by atoms with E-state index in [-0.39, 0.29) is 10.7 Å². The van der Waals surface area contributed by atoms with Crippen molar-refractivity contribution in [3.8, 4) is 11.5 Å². The highest BCUT2D eigenvalue weighted by Crippen LogP contribution is 2.31. The van der Waals surface area contributed by atoms with Gasteiger partial charge in [0, 0.05) is 11.1 Å². The van der Waals surface area contributed by atoms with Gasteiger partial charge in [0.1, 0.15) is 19.0 Å². The molecule has 0 unspecified atom stereocenters. The van der Waals surface area contributed by atoms with Crippen molar-refractivity contribution < 1.29 is 18.7 Å². The molecule has 4 nitrogen and oxygen atoms in total. The lowest BCUT2D eigenvalue weighted by atomic mass is 10.2. The van der Waals surface area contributed by atoms with Crippen LogP contribution in [0.3, 0.4) is 0 Å². The Bertz CT molecular complexity index is 776. The van der Waals surface area contributed by atoms with Gasteiger partial charge < -0.3 is 14.8 Å². The Kier molecular flexibility index (Phi) is 4.48. The first-order valence-electron chi connectivity index (χ1n) is 6.95. The smallest absolute Gasteiger partial charge is 0.248 e. The highest BCUT2D eigenvalue weighted by Gasteiger charge is 2.11. The van der Waals surface area contributed by atoms with Crippen molar-refractivity contribution in [1.82, 2.24) is 0 Å². The summed E-state index contributed by atoms with van der Waals surface area (Å²) in [5.41, 5.74) is 0.854. The lowest BCUT2D eigenvalue weighted by Crippen LogP contribution is -2.15. The number of carbonyl (C=O) groups excluding carboxylic acids is 1. The maximum absolute atomic E-state index is 13.6. The van der Waals surface area contributed by atoms with Gasteiger partial charge in [-0.3, -0.25) is 4.79 Å². The highest BCUT2D eigenvalue weighted by molar-refractivity contribution is 6.30. The summed E-state index contributed by atoms with van der Waals surface area (Å²) in [4.78, 5) is 11.9. The minimum absolute atomic E-state index is 0.0752. The van der Waals surface area contributed by atoms with E-state index >= 15 is 0 Å². The van der Waals surface area contributed by atoms with Gasteiger partial charge in [0.2, 0.25) is 5.91 Å². The number of halogens is 2. The van der Waals surface area contributed by atoms with Gasteiger partial charge in [0.05, 0.1) is 5.69 Å². The monoisotopic (exact) mass is 333 g/mol. The first kappa shape index (κ1) is 15.4. The van der Waals surface area contributed by atoms with Crippen molar-refractivity contribution in [1.29, 1.82) is 0 Å². The molecule has 3 rings (SSSR count). The fraction of sp³-hybridized carbons (Fsp3) is 0.118. The van der Waals surface area contributed by atoms with Gasteiger partial charge >= 0.3 is 0 Å². The molecule has 118 valence electrons. The minimum atomic E-state index is -0.585. The second kappa shape index (κ2) is 6.71. The van der Waals surface area contributed by atoms with Gasteiger partial charge in [-0.15, -0.1) is 0 Å². The molecule has 1 heterocycles.